The Morgan fingerprint density at radius 3 is 2.38 bits per heavy atom. The number of fused-ring (bicyclic) bond motifs is 2. The first-order valence-corrected chi connectivity index (χ1v) is 7.92. The molecule has 0 bridgehead atoms. The van der Waals surface area contributed by atoms with E-state index in [0.29, 0.717) is 0 Å². The minimum absolute atomic E-state index is 0.931. The normalized spacial score (nSPS) is 11.2. The van der Waals surface area contributed by atoms with Gasteiger partial charge in [0.15, 0.2) is 5.16 Å². The molecule has 21 heavy (non-hydrogen) atoms. The minimum Gasteiger partial charge on any atom is -0.333 e. The van der Waals surface area contributed by atoms with E-state index in [9.17, 15) is 0 Å². The molecule has 0 aliphatic rings. The summed E-state index contributed by atoms with van der Waals surface area (Å²) in [7, 11) is 0. The number of aromatic amines is 1. The topological polar surface area (TPSA) is 28.7 Å². The number of hydrogen-bond acceptors (Lipinski definition) is 2. The molecule has 0 saturated heterocycles. The van der Waals surface area contributed by atoms with Crippen molar-refractivity contribution in [3.63, 3.8) is 0 Å². The lowest BCUT2D eigenvalue weighted by Crippen LogP contribution is -1.80. The molecule has 1 aromatic heterocycles. The third-order valence-electron chi connectivity index (χ3n) is 3.55. The Labute approximate surface area is 127 Å². The molecular formula is C18H14N2S. The van der Waals surface area contributed by atoms with Crippen molar-refractivity contribution >= 4 is 33.6 Å². The average molecular weight is 290 g/mol. The Kier molecular flexibility index (Phi) is 3.13. The standard InChI is InChI=1S/C18H14N2S/c1-2-6-13(7-3-1)12-21-18-19-16-10-14-8-4-5-9-15(14)11-17(16)20-18/h1-11H,12H2,(H,19,20). The largest absolute Gasteiger partial charge is 0.333 e. The van der Waals surface area contributed by atoms with Crippen LogP contribution in [-0.4, -0.2) is 9.97 Å². The van der Waals surface area contributed by atoms with Crippen molar-refractivity contribution < 1.29 is 0 Å². The zero-order chi connectivity index (χ0) is 14.1. The molecule has 4 aromatic rings. The molecule has 0 fully saturated rings. The zero-order valence-corrected chi connectivity index (χ0v) is 12.2. The van der Waals surface area contributed by atoms with Crippen LogP contribution >= 0.6 is 11.8 Å². The van der Waals surface area contributed by atoms with Gasteiger partial charge in [0.05, 0.1) is 11.0 Å². The van der Waals surface area contributed by atoms with Gasteiger partial charge >= 0.3 is 0 Å². The molecule has 0 aliphatic heterocycles. The maximum Gasteiger partial charge on any atom is 0.166 e. The lowest BCUT2D eigenvalue weighted by molar-refractivity contribution is 1.08. The van der Waals surface area contributed by atoms with Crippen LogP contribution in [0.1, 0.15) is 5.56 Å². The molecule has 2 nitrogen and oxygen atoms in total. The third kappa shape index (κ3) is 2.52. The number of rotatable bonds is 3. The summed E-state index contributed by atoms with van der Waals surface area (Å²) in [5.41, 5.74) is 3.45. The first-order valence-electron chi connectivity index (χ1n) is 6.94. The van der Waals surface area contributed by atoms with Crippen LogP contribution in [0.5, 0.6) is 0 Å². The third-order valence-corrected chi connectivity index (χ3v) is 4.49. The SMILES string of the molecule is c1ccc(CSc2nc3cc4ccccc4cc3[nH]2)cc1. The molecule has 0 saturated carbocycles. The van der Waals surface area contributed by atoms with Crippen molar-refractivity contribution in [3.05, 3.63) is 72.3 Å². The molecule has 3 heteroatoms. The number of H-pyrrole nitrogens is 1. The van der Waals surface area contributed by atoms with Crippen molar-refractivity contribution in [2.24, 2.45) is 0 Å². The van der Waals surface area contributed by atoms with E-state index in [4.69, 9.17) is 0 Å². The van der Waals surface area contributed by atoms with Crippen molar-refractivity contribution in [1.29, 1.82) is 0 Å². The fraction of sp³-hybridized carbons (Fsp3) is 0.0556. The summed E-state index contributed by atoms with van der Waals surface area (Å²) in [5.74, 6) is 0.931. The Hall–Kier alpha value is -2.26. The van der Waals surface area contributed by atoms with Gasteiger partial charge in [0.2, 0.25) is 0 Å². The van der Waals surface area contributed by atoms with Crippen LogP contribution in [0, 0.1) is 0 Å². The van der Waals surface area contributed by atoms with E-state index < -0.39 is 0 Å². The van der Waals surface area contributed by atoms with Crippen molar-refractivity contribution in [3.8, 4) is 0 Å². The number of hydrogen-bond donors (Lipinski definition) is 1. The maximum absolute atomic E-state index is 4.69. The molecule has 0 spiro atoms. The molecule has 3 aromatic carbocycles. The summed E-state index contributed by atoms with van der Waals surface area (Å²) in [6, 6.07) is 23.2. The van der Waals surface area contributed by atoms with E-state index in [2.05, 4.69) is 70.6 Å². The van der Waals surface area contributed by atoms with Gasteiger partial charge in [-0.05, 0) is 28.5 Å². The van der Waals surface area contributed by atoms with Gasteiger partial charge in [-0.1, -0.05) is 66.4 Å². The number of nitrogens with zero attached hydrogens (tertiary/aromatic N) is 1. The quantitative estimate of drug-likeness (QED) is 0.537. The second-order valence-electron chi connectivity index (χ2n) is 5.03. The Morgan fingerprint density at radius 1 is 0.857 bits per heavy atom. The summed E-state index contributed by atoms with van der Waals surface area (Å²) in [6.07, 6.45) is 0. The molecule has 0 atom stereocenters. The molecular weight excluding hydrogens is 276 g/mol. The van der Waals surface area contributed by atoms with E-state index in [-0.39, 0.29) is 0 Å². The number of benzene rings is 3. The molecule has 0 amide bonds. The van der Waals surface area contributed by atoms with Gasteiger partial charge in [0.1, 0.15) is 0 Å². The highest BCUT2D eigenvalue weighted by Gasteiger charge is 2.05. The summed E-state index contributed by atoms with van der Waals surface area (Å²) in [6.45, 7) is 0. The lowest BCUT2D eigenvalue weighted by atomic mass is 10.1. The van der Waals surface area contributed by atoms with E-state index in [0.717, 1.165) is 21.9 Å². The molecule has 0 radical (unpaired) electrons. The molecule has 4 rings (SSSR count). The average Bonchev–Trinajstić information content (AvgIpc) is 2.93. The Bertz CT molecular complexity index is 844. The predicted octanol–water partition coefficient (Wildman–Crippen LogP) is 5.01. The van der Waals surface area contributed by atoms with Gasteiger partial charge in [0, 0.05) is 5.75 Å². The second-order valence-corrected chi connectivity index (χ2v) is 6.00. The van der Waals surface area contributed by atoms with Crippen molar-refractivity contribution in [1.82, 2.24) is 9.97 Å². The van der Waals surface area contributed by atoms with Crippen LogP contribution in [0.15, 0.2) is 71.9 Å². The highest BCUT2D eigenvalue weighted by atomic mass is 32.2. The number of nitrogens with one attached hydrogen (secondary N) is 1. The summed E-state index contributed by atoms with van der Waals surface area (Å²) >= 11 is 1.74. The predicted molar refractivity (Wildman–Crippen MR) is 89.6 cm³/mol. The van der Waals surface area contributed by atoms with Gasteiger partial charge in [-0.15, -0.1) is 0 Å². The number of aromatic nitrogens is 2. The summed E-state index contributed by atoms with van der Waals surface area (Å²) < 4.78 is 0. The number of imidazole rings is 1. The smallest absolute Gasteiger partial charge is 0.166 e. The van der Waals surface area contributed by atoms with Crippen LogP contribution in [0.4, 0.5) is 0 Å². The van der Waals surface area contributed by atoms with Crippen LogP contribution in [0.3, 0.4) is 0 Å². The van der Waals surface area contributed by atoms with Gasteiger partial charge in [-0.3, -0.25) is 0 Å². The second kappa shape index (κ2) is 5.26. The Morgan fingerprint density at radius 2 is 1.57 bits per heavy atom. The number of thioether (sulfide) groups is 1. The van der Waals surface area contributed by atoms with E-state index in [1.807, 2.05) is 6.07 Å². The van der Waals surface area contributed by atoms with Crippen molar-refractivity contribution in [2.45, 2.75) is 10.9 Å². The van der Waals surface area contributed by atoms with Gasteiger partial charge in [0.25, 0.3) is 0 Å². The summed E-state index contributed by atoms with van der Waals surface area (Å²) in [5, 5.41) is 3.45. The highest BCUT2D eigenvalue weighted by molar-refractivity contribution is 7.98. The van der Waals surface area contributed by atoms with Crippen molar-refractivity contribution in [2.75, 3.05) is 0 Å². The van der Waals surface area contributed by atoms with Crippen LogP contribution in [-0.2, 0) is 5.75 Å². The highest BCUT2D eigenvalue weighted by Crippen LogP contribution is 2.26. The van der Waals surface area contributed by atoms with Gasteiger partial charge < -0.3 is 4.98 Å². The first-order chi connectivity index (χ1) is 10.4. The zero-order valence-electron chi connectivity index (χ0n) is 11.4. The van der Waals surface area contributed by atoms with E-state index in [1.165, 1.54) is 16.3 Å². The van der Waals surface area contributed by atoms with Gasteiger partial charge in [-0.2, -0.15) is 0 Å². The first kappa shape index (κ1) is 12.5. The fourth-order valence-electron chi connectivity index (χ4n) is 2.47. The lowest BCUT2D eigenvalue weighted by Gasteiger charge is -1.97. The van der Waals surface area contributed by atoms with Crippen LogP contribution in [0.2, 0.25) is 0 Å². The molecule has 0 unspecified atom stereocenters. The van der Waals surface area contributed by atoms with Crippen LogP contribution < -0.4 is 0 Å². The minimum atomic E-state index is 0.931. The molecule has 102 valence electrons. The maximum atomic E-state index is 4.69. The fourth-order valence-corrected chi connectivity index (χ4v) is 3.31. The molecule has 1 heterocycles. The van der Waals surface area contributed by atoms with Crippen LogP contribution in [0.25, 0.3) is 21.8 Å². The monoisotopic (exact) mass is 290 g/mol. The summed E-state index contributed by atoms with van der Waals surface area (Å²) in [4.78, 5) is 8.10. The van der Waals surface area contributed by atoms with Gasteiger partial charge in [-0.25, -0.2) is 4.98 Å². The molecule has 1 N–H and O–H groups in total. The van der Waals surface area contributed by atoms with E-state index in [1.54, 1.807) is 11.8 Å². The molecule has 0 aliphatic carbocycles. The van der Waals surface area contributed by atoms with E-state index >= 15 is 0 Å². The Balaban J connectivity index is 1.65.